The van der Waals surface area contributed by atoms with Crippen molar-refractivity contribution < 1.29 is 22.6 Å². The number of rotatable bonds is 4. The molecule has 0 saturated carbocycles. The van der Waals surface area contributed by atoms with Crippen LogP contribution in [0.3, 0.4) is 0 Å². The molecule has 0 unspecified atom stereocenters. The molecule has 2 nitrogen and oxygen atoms in total. The maximum absolute atomic E-state index is 13.0. The molecule has 21 heavy (non-hydrogen) atoms. The Labute approximate surface area is 120 Å². The summed E-state index contributed by atoms with van der Waals surface area (Å²) in [5.74, 6) is -1.11. The van der Waals surface area contributed by atoms with Crippen molar-refractivity contribution in [3.8, 4) is 0 Å². The smallest absolute Gasteiger partial charge is 0.294 e. The summed E-state index contributed by atoms with van der Waals surface area (Å²) in [6, 6.07) is 13.9. The Morgan fingerprint density at radius 3 is 1.95 bits per heavy atom. The Hall–Kier alpha value is -2.37. The fourth-order valence-corrected chi connectivity index (χ4v) is 1.64. The number of benzene rings is 2. The first-order valence-electron chi connectivity index (χ1n) is 5.97. The number of halogens is 3. The molecule has 0 aliphatic rings. The number of carbonyl (C=O) groups excluding carboxylic acids is 2. The van der Waals surface area contributed by atoms with E-state index in [1.54, 1.807) is 30.3 Å². The van der Waals surface area contributed by atoms with Crippen LogP contribution >= 0.6 is 0 Å². The van der Waals surface area contributed by atoms with Crippen LogP contribution in [-0.4, -0.2) is 19.4 Å². The monoisotopic (exact) mass is 291 g/mol. The van der Waals surface area contributed by atoms with E-state index in [0.29, 0.717) is 5.56 Å². The van der Waals surface area contributed by atoms with E-state index in [1.807, 2.05) is 0 Å². The zero-order valence-electron chi connectivity index (χ0n) is 10.9. The standard InChI is InChI=1S/C15H11FO2.BF2/c16-13-8-4-7-12(9-13)15(18)10-14(17)11-5-2-1-3-6-11;2-1-3/h1-9H,10H2;. The maximum Gasteiger partial charge on any atom is 0.577 e. The highest BCUT2D eigenvalue weighted by atomic mass is 19.2. The second-order valence-corrected chi connectivity index (χ2v) is 3.98. The molecular formula is C15H11BF3O2. The van der Waals surface area contributed by atoms with Gasteiger partial charge in [-0.05, 0) is 12.1 Å². The minimum Gasteiger partial charge on any atom is -0.294 e. The van der Waals surface area contributed by atoms with Gasteiger partial charge < -0.3 is 0 Å². The maximum atomic E-state index is 13.0. The Bertz CT molecular complexity index is 603. The van der Waals surface area contributed by atoms with Crippen LogP contribution in [0.1, 0.15) is 27.1 Å². The van der Waals surface area contributed by atoms with Crippen molar-refractivity contribution in [2.24, 2.45) is 0 Å². The lowest BCUT2D eigenvalue weighted by Crippen LogP contribution is -2.08. The van der Waals surface area contributed by atoms with Crippen molar-refractivity contribution in [1.29, 1.82) is 0 Å². The third kappa shape index (κ3) is 5.64. The summed E-state index contributed by atoms with van der Waals surface area (Å²) in [7, 11) is -1.00. The predicted octanol–water partition coefficient (Wildman–Crippen LogP) is 3.74. The highest BCUT2D eigenvalue weighted by Gasteiger charge is 2.13. The van der Waals surface area contributed by atoms with Crippen molar-refractivity contribution in [3.63, 3.8) is 0 Å². The lowest BCUT2D eigenvalue weighted by Gasteiger charge is -2.01. The third-order valence-electron chi connectivity index (χ3n) is 2.56. The van der Waals surface area contributed by atoms with Crippen LogP contribution in [0.15, 0.2) is 54.6 Å². The summed E-state index contributed by atoms with van der Waals surface area (Å²) in [6.07, 6.45) is -0.243. The Balaban J connectivity index is 0.000000677. The van der Waals surface area contributed by atoms with Crippen LogP contribution in [0.4, 0.5) is 13.0 Å². The van der Waals surface area contributed by atoms with Gasteiger partial charge >= 0.3 is 7.83 Å². The Morgan fingerprint density at radius 2 is 1.38 bits per heavy atom. The molecule has 0 saturated heterocycles. The van der Waals surface area contributed by atoms with Crippen molar-refractivity contribution in [1.82, 2.24) is 0 Å². The first kappa shape index (κ1) is 16.7. The van der Waals surface area contributed by atoms with Crippen LogP contribution < -0.4 is 0 Å². The second kappa shape index (κ2) is 8.74. The molecule has 6 heteroatoms. The average molecular weight is 291 g/mol. The minimum atomic E-state index is -1.00. The molecule has 0 N–H and O–H groups in total. The molecule has 2 rings (SSSR count). The van der Waals surface area contributed by atoms with E-state index in [-0.39, 0.29) is 23.6 Å². The fourth-order valence-electron chi connectivity index (χ4n) is 1.64. The van der Waals surface area contributed by atoms with E-state index in [4.69, 9.17) is 0 Å². The minimum absolute atomic E-state index is 0.222. The quantitative estimate of drug-likeness (QED) is 0.488. The van der Waals surface area contributed by atoms with Gasteiger partial charge in [0.25, 0.3) is 0 Å². The summed E-state index contributed by atoms with van der Waals surface area (Å²) in [6.45, 7) is 0. The van der Waals surface area contributed by atoms with Crippen LogP contribution in [0.2, 0.25) is 0 Å². The van der Waals surface area contributed by atoms with Crippen LogP contribution in [0.25, 0.3) is 0 Å². The molecule has 0 aliphatic heterocycles. The number of hydrogen-bond donors (Lipinski definition) is 0. The van der Waals surface area contributed by atoms with E-state index in [2.05, 4.69) is 0 Å². The van der Waals surface area contributed by atoms with Gasteiger partial charge in [0.05, 0.1) is 6.42 Å². The van der Waals surface area contributed by atoms with Gasteiger partial charge in [0.2, 0.25) is 0 Å². The predicted molar refractivity (Wildman–Crippen MR) is 74.1 cm³/mol. The summed E-state index contributed by atoms with van der Waals surface area (Å²) in [5.41, 5.74) is 0.710. The lowest BCUT2D eigenvalue weighted by molar-refractivity contribution is 0.0894. The molecule has 2 aromatic rings. The number of hydrogen-bond acceptors (Lipinski definition) is 2. The number of carbonyl (C=O) groups is 2. The van der Waals surface area contributed by atoms with Gasteiger partial charge in [0, 0.05) is 11.1 Å². The summed E-state index contributed by atoms with van der Waals surface area (Å²) < 4.78 is 32.0. The molecule has 0 atom stereocenters. The van der Waals surface area contributed by atoms with Crippen molar-refractivity contribution in [2.75, 3.05) is 0 Å². The van der Waals surface area contributed by atoms with Gasteiger partial charge in [-0.2, -0.15) is 0 Å². The van der Waals surface area contributed by atoms with Crippen LogP contribution in [-0.2, 0) is 0 Å². The Morgan fingerprint density at radius 1 is 0.857 bits per heavy atom. The van der Waals surface area contributed by atoms with Crippen LogP contribution in [0, 0.1) is 5.82 Å². The van der Waals surface area contributed by atoms with Gasteiger partial charge in [-0.15, -0.1) is 0 Å². The number of ketones is 2. The zero-order valence-corrected chi connectivity index (χ0v) is 10.9. The van der Waals surface area contributed by atoms with E-state index in [9.17, 15) is 22.6 Å². The van der Waals surface area contributed by atoms with Crippen molar-refractivity contribution in [3.05, 3.63) is 71.5 Å². The van der Waals surface area contributed by atoms with Gasteiger partial charge in [-0.1, -0.05) is 42.5 Å². The largest absolute Gasteiger partial charge is 0.577 e. The lowest BCUT2D eigenvalue weighted by atomic mass is 10.0. The SMILES string of the molecule is F[B]F.O=C(CC(=O)c1cccc(F)c1)c1ccccc1. The average Bonchev–Trinajstić information content (AvgIpc) is 2.49. The van der Waals surface area contributed by atoms with E-state index >= 15 is 0 Å². The van der Waals surface area contributed by atoms with E-state index in [0.717, 1.165) is 6.07 Å². The van der Waals surface area contributed by atoms with Crippen molar-refractivity contribution >= 4 is 19.4 Å². The van der Waals surface area contributed by atoms with E-state index < -0.39 is 13.7 Å². The molecule has 0 aromatic heterocycles. The molecular weight excluding hydrogens is 280 g/mol. The molecule has 0 heterocycles. The first-order chi connectivity index (χ1) is 10.1. The third-order valence-corrected chi connectivity index (χ3v) is 2.56. The summed E-state index contributed by atoms with van der Waals surface area (Å²) in [4.78, 5) is 23.6. The zero-order chi connectivity index (χ0) is 15.7. The topological polar surface area (TPSA) is 34.1 Å². The van der Waals surface area contributed by atoms with Gasteiger partial charge in [-0.3, -0.25) is 18.2 Å². The van der Waals surface area contributed by atoms with Gasteiger partial charge in [0.1, 0.15) is 5.82 Å². The number of Topliss-reactive ketones (excluding diaryl/α,β-unsaturated/α-hetero) is 2. The summed E-state index contributed by atoms with van der Waals surface area (Å²) >= 11 is 0. The van der Waals surface area contributed by atoms with Gasteiger partial charge in [-0.25, -0.2) is 4.39 Å². The molecule has 0 amide bonds. The molecule has 1 radical (unpaired) electrons. The molecule has 107 valence electrons. The summed E-state index contributed by atoms with van der Waals surface area (Å²) in [5, 5.41) is 0. The second-order valence-electron chi connectivity index (χ2n) is 3.98. The molecule has 0 spiro atoms. The fraction of sp³-hybridized carbons (Fsp3) is 0.0667. The molecule has 2 aromatic carbocycles. The molecule has 0 bridgehead atoms. The molecule has 0 fully saturated rings. The highest BCUT2D eigenvalue weighted by molar-refractivity contribution is 6.15. The van der Waals surface area contributed by atoms with Gasteiger partial charge in [0.15, 0.2) is 11.6 Å². The van der Waals surface area contributed by atoms with Crippen LogP contribution in [0.5, 0.6) is 0 Å². The van der Waals surface area contributed by atoms with Crippen molar-refractivity contribution in [2.45, 2.75) is 6.42 Å². The molecule has 0 aliphatic carbocycles. The highest BCUT2D eigenvalue weighted by Crippen LogP contribution is 2.10. The normalized spacial score (nSPS) is 9.29. The first-order valence-corrected chi connectivity index (χ1v) is 5.97. The van der Waals surface area contributed by atoms with E-state index in [1.165, 1.54) is 18.2 Å². The Kier molecular flexibility index (Phi) is 6.94.